The molecule has 11 nitrogen and oxygen atoms in total. The second kappa shape index (κ2) is 12.9. The Balaban J connectivity index is 1.68. The van der Waals surface area contributed by atoms with Crippen LogP contribution in [-0.4, -0.2) is 77.6 Å². The summed E-state index contributed by atoms with van der Waals surface area (Å²) in [4.78, 5) is 40.0. The molecule has 1 N–H and O–H groups in total. The van der Waals surface area contributed by atoms with Gasteiger partial charge in [0, 0.05) is 29.8 Å². The number of hydrogen-bond acceptors (Lipinski definition) is 8. The van der Waals surface area contributed by atoms with E-state index in [0.29, 0.717) is 18.0 Å². The molecule has 2 aliphatic rings. The molecule has 1 fully saturated rings. The number of rotatable bonds is 4. The number of fused-ring (bicyclic) bond motifs is 6. The second-order valence-electron chi connectivity index (χ2n) is 13.5. The number of carbonyl (C=O) groups is 2. The zero-order valence-electron chi connectivity index (χ0n) is 27.5. The maximum absolute atomic E-state index is 14.2. The molecule has 2 atom stereocenters. The summed E-state index contributed by atoms with van der Waals surface area (Å²) in [7, 11) is -4.17. The van der Waals surface area contributed by atoms with Crippen LogP contribution in [0.15, 0.2) is 53.4 Å². The molecule has 2 aromatic carbocycles. The fourth-order valence-corrected chi connectivity index (χ4v) is 6.85. The topological polar surface area (TPSA) is 131 Å². The van der Waals surface area contributed by atoms with Gasteiger partial charge in [-0.3, -0.25) is 4.79 Å². The lowest BCUT2D eigenvalue weighted by molar-refractivity contribution is 0.0184. The van der Waals surface area contributed by atoms with Crippen molar-refractivity contribution in [3.8, 4) is 17.1 Å². The van der Waals surface area contributed by atoms with Gasteiger partial charge in [0.15, 0.2) is 0 Å². The summed E-state index contributed by atoms with van der Waals surface area (Å²) in [5.74, 6) is -0.0498. The average Bonchev–Trinajstić information content (AvgIpc) is 3.13. The van der Waals surface area contributed by atoms with Crippen LogP contribution in [0.3, 0.4) is 0 Å². The summed E-state index contributed by atoms with van der Waals surface area (Å²) in [6, 6.07) is 13.1. The van der Waals surface area contributed by atoms with Gasteiger partial charge in [-0.15, -0.1) is 0 Å². The maximum Gasteiger partial charge on any atom is 0.410 e. The first kappa shape index (κ1) is 33.2. The van der Waals surface area contributed by atoms with E-state index in [1.807, 2.05) is 52.8 Å². The van der Waals surface area contributed by atoms with Crippen molar-refractivity contribution in [1.29, 1.82) is 0 Å². The lowest BCUT2D eigenvalue weighted by Gasteiger charge is -2.33. The van der Waals surface area contributed by atoms with Gasteiger partial charge < -0.3 is 19.3 Å². The number of aromatic nitrogens is 2. The molecule has 5 rings (SSSR count). The molecule has 0 radical (unpaired) electrons. The second-order valence-corrected chi connectivity index (χ2v) is 15.2. The van der Waals surface area contributed by atoms with Gasteiger partial charge in [-0.05, 0) is 82.7 Å². The van der Waals surface area contributed by atoms with Crippen molar-refractivity contribution in [2.24, 2.45) is 5.92 Å². The van der Waals surface area contributed by atoms with E-state index in [4.69, 9.17) is 9.47 Å². The van der Waals surface area contributed by atoms with E-state index in [9.17, 15) is 18.0 Å². The van der Waals surface area contributed by atoms with E-state index in [-0.39, 0.29) is 53.9 Å². The van der Waals surface area contributed by atoms with Gasteiger partial charge in [-0.2, -0.15) is 4.98 Å². The smallest absolute Gasteiger partial charge is 0.410 e. The fourth-order valence-electron chi connectivity index (χ4n) is 5.86. The molecule has 2 aliphatic heterocycles. The number of ether oxygens (including phenoxy) is 2. The molecule has 0 unspecified atom stereocenters. The molecule has 0 spiro atoms. The number of aryl methyl sites for hydroxylation is 2. The Kier molecular flexibility index (Phi) is 9.30. The number of amides is 2. The van der Waals surface area contributed by atoms with Crippen LogP contribution < -0.4 is 9.46 Å². The summed E-state index contributed by atoms with van der Waals surface area (Å²) in [6.07, 6.45) is 0.230. The Morgan fingerprint density at radius 1 is 1.04 bits per heavy atom. The van der Waals surface area contributed by atoms with Crippen molar-refractivity contribution in [1.82, 2.24) is 19.8 Å². The Morgan fingerprint density at radius 2 is 1.74 bits per heavy atom. The first-order chi connectivity index (χ1) is 21.6. The highest BCUT2D eigenvalue weighted by molar-refractivity contribution is 7.92. The van der Waals surface area contributed by atoms with Gasteiger partial charge in [0.1, 0.15) is 11.7 Å². The van der Waals surface area contributed by atoms with E-state index in [0.717, 1.165) is 23.1 Å². The van der Waals surface area contributed by atoms with E-state index >= 15 is 0 Å². The van der Waals surface area contributed by atoms with Crippen molar-refractivity contribution in [2.45, 2.75) is 84.0 Å². The molecule has 0 saturated carbocycles. The van der Waals surface area contributed by atoms with Crippen LogP contribution in [0.5, 0.6) is 5.88 Å². The van der Waals surface area contributed by atoms with Gasteiger partial charge in [0.25, 0.3) is 15.9 Å². The van der Waals surface area contributed by atoms with Gasteiger partial charge >= 0.3 is 6.09 Å². The van der Waals surface area contributed by atoms with Crippen molar-refractivity contribution in [2.75, 3.05) is 24.4 Å². The number of nitrogens with zero attached hydrogens (tertiary/aromatic N) is 4. The standard InChI is InChI=1S/C34H43N5O6S/c1-21(2)14-15-25-18-38(33(41)45-34(5,6)7)19-26-20-39(25)31(40)24-12-9-13-27(16-24)46(42,43)37-32-35-28(17-29(36-32)44-26)30-22(3)10-8-11-23(30)4/h8-13,16-17,21,25-26H,14-15,18-20H2,1-7H3,(H,35,36,37)/t25-,26+/m0/s1. The van der Waals surface area contributed by atoms with Gasteiger partial charge in [-0.1, -0.05) is 38.1 Å². The lowest BCUT2D eigenvalue weighted by atomic mass is 10.00. The third-order valence-corrected chi connectivity index (χ3v) is 9.36. The predicted molar refractivity (Wildman–Crippen MR) is 175 cm³/mol. The van der Waals surface area contributed by atoms with E-state index < -0.39 is 27.8 Å². The highest BCUT2D eigenvalue weighted by Crippen LogP contribution is 2.31. The molecular formula is C34H43N5O6S. The average molecular weight is 650 g/mol. The molecule has 6 bridgehead atoms. The lowest BCUT2D eigenvalue weighted by Crippen LogP contribution is -2.47. The third-order valence-electron chi connectivity index (χ3n) is 8.03. The number of anilines is 1. The van der Waals surface area contributed by atoms with Crippen LogP contribution in [0, 0.1) is 19.8 Å². The van der Waals surface area contributed by atoms with Gasteiger partial charge in [0.05, 0.1) is 23.7 Å². The molecule has 3 aromatic rings. The number of nitrogens with one attached hydrogen (secondary N) is 1. The molecule has 0 aliphatic carbocycles. The maximum atomic E-state index is 14.2. The Morgan fingerprint density at radius 3 is 2.41 bits per heavy atom. The predicted octanol–water partition coefficient (Wildman–Crippen LogP) is 5.82. The number of sulfonamides is 1. The molecule has 246 valence electrons. The summed E-state index contributed by atoms with van der Waals surface area (Å²) < 4.78 is 42.0. The van der Waals surface area contributed by atoms with Crippen molar-refractivity contribution in [3.05, 3.63) is 65.2 Å². The molecule has 2 amide bonds. The molecular weight excluding hydrogens is 606 g/mol. The molecule has 12 heteroatoms. The minimum Gasteiger partial charge on any atom is -0.470 e. The van der Waals surface area contributed by atoms with Crippen LogP contribution in [0.4, 0.5) is 10.7 Å². The zero-order valence-corrected chi connectivity index (χ0v) is 28.3. The number of carbonyl (C=O) groups excluding carboxylic acids is 2. The Hall–Kier alpha value is -4.19. The third kappa shape index (κ3) is 7.60. The number of benzene rings is 2. The normalized spacial score (nSPS) is 19.6. The van der Waals surface area contributed by atoms with Gasteiger partial charge in [0.2, 0.25) is 11.8 Å². The largest absolute Gasteiger partial charge is 0.470 e. The van der Waals surface area contributed by atoms with Crippen LogP contribution in [0.1, 0.15) is 68.9 Å². The summed E-state index contributed by atoms with van der Waals surface area (Å²) in [5.41, 5.74) is 2.67. The summed E-state index contributed by atoms with van der Waals surface area (Å²) >= 11 is 0. The highest BCUT2D eigenvalue weighted by Gasteiger charge is 2.38. The van der Waals surface area contributed by atoms with Crippen molar-refractivity contribution < 1.29 is 27.5 Å². The Bertz CT molecular complexity index is 1720. The first-order valence-electron chi connectivity index (χ1n) is 15.6. The summed E-state index contributed by atoms with van der Waals surface area (Å²) in [5, 5.41) is 0. The van der Waals surface area contributed by atoms with E-state index in [1.165, 1.54) is 12.1 Å². The Labute approximate surface area is 271 Å². The van der Waals surface area contributed by atoms with Crippen LogP contribution in [-0.2, 0) is 14.8 Å². The minimum absolute atomic E-state index is 0.0957. The van der Waals surface area contributed by atoms with Crippen molar-refractivity contribution >= 4 is 28.0 Å². The number of hydrogen-bond donors (Lipinski definition) is 1. The first-order valence-corrected chi connectivity index (χ1v) is 17.1. The van der Waals surface area contributed by atoms with Crippen molar-refractivity contribution in [3.63, 3.8) is 0 Å². The van der Waals surface area contributed by atoms with E-state index in [1.54, 1.807) is 28.0 Å². The SMILES string of the molecule is Cc1cccc(C)c1-c1cc2nc(n1)NS(=O)(=O)c1cccc(c1)C(=O)N1C[C@@H](CN(C(=O)OC(C)(C)C)C[C@@H]1CCC(C)C)O2. The van der Waals surface area contributed by atoms with Crippen LogP contribution in [0.25, 0.3) is 11.3 Å². The quantitative estimate of drug-likeness (QED) is 0.374. The molecule has 3 heterocycles. The summed E-state index contributed by atoms with van der Waals surface area (Å²) in [6.45, 7) is 14.1. The zero-order chi connectivity index (χ0) is 33.4. The van der Waals surface area contributed by atoms with Gasteiger partial charge in [-0.25, -0.2) is 22.9 Å². The molecule has 46 heavy (non-hydrogen) atoms. The van der Waals surface area contributed by atoms with E-state index in [2.05, 4.69) is 28.5 Å². The monoisotopic (exact) mass is 649 g/mol. The minimum atomic E-state index is -4.17. The van der Waals surface area contributed by atoms with Crippen LogP contribution in [0.2, 0.25) is 0 Å². The highest BCUT2D eigenvalue weighted by atomic mass is 32.2. The fraction of sp³-hybridized carbons (Fsp3) is 0.471. The van der Waals surface area contributed by atoms with Crippen LogP contribution >= 0.6 is 0 Å². The molecule has 1 aromatic heterocycles. The molecule has 1 saturated heterocycles.